The van der Waals surface area contributed by atoms with Crippen molar-refractivity contribution in [3.63, 3.8) is 0 Å². The van der Waals surface area contributed by atoms with Crippen molar-refractivity contribution in [3.05, 3.63) is 66.5 Å². The molecule has 0 saturated carbocycles. The first-order valence-corrected chi connectivity index (χ1v) is 10.6. The summed E-state index contributed by atoms with van der Waals surface area (Å²) >= 11 is 0. The first kappa shape index (κ1) is 20.3. The van der Waals surface area contributed by atoms with Crippen LogP contribution in [-0.2, 0) is 0 Å². The van der Waals surface area contributed by atoms with Crippen molar-refractivity contribution in [1.82, 2.24) is 15.0 Å². The van der Waals surface area contributed by atoms with Crippen molar-refractivity contribution >= 4 is 16.7 Å². The summed E-state index contributed by atoms with van der Waals surface area (Å²) in [6.45, 7) is 1.80. The zero-order chi connectivity index (χ0) is 22.1. The summed E-state index contributed by atoms with van der Waals surface area (Å²) in [6, 6.07) is 11.4. The van der Waals surface area contributed by atoms with Crippen molar-refractivity contribution in [2.45, 2.75) is 19.3 Å². The second kappa shape index (κ2) is 8.49. The molecule has 0 atom stereocenters. The van der Waals surface area contributed by atoms with Crippen LogP contribution >= 0.6 is 0 Å². The summed E-state index contributed by atoms with van der Waals surface area (Å²) in [7, 11) is 1.58. The number of aromatic nitrogens is 3. The molecule has 7 heteroatoms. The Hall–Kier alpha value is -3.61. The van der Waals surface area contributed by atoms with E-state index in [1.54, 1.807) is 31.6 Å². The van der Waals surface area contributed by atoms with Crippen molar-refractivity contribution < 1.29 is 13.5 Å². The van der Waals surface area contributed by atoms with Crippen LogP contribution in [-0.4, -0.2) is 35.2 Å². The third kappa shape index (κ3) is 3.75. The second-order valence-electron chi connectivity index (χ2n) is 7.86. The highest BCUT2D eigenvalue weighted by Crippen LogP contribution is 2.38. The van der Waals surface area contributed by atoms with Gasteiger partial charge in [0.15, 0.2) is 17.5 Å². The maximum Gasteiger partial charge on any atom is 0.163 e. The van der Waals surface area contributed by atoms with Gasteiger partial charge in [0, 0.05) is 36.4 Å². The Kier molecular flexibility index (Phi) is 5.39. The second-order valence-corrected chi connectivity index (χ2v) is 7.86. The normalized spacial score (nSPS) is 14.0. The standard InChI is InChI=1S/C25H22F2N4O/c1-32-22-14-18(16-7-8-20(26)21(27)13-16)12-19-23(22)29-24(17-6-5-9-28-15-17)30-25(19)31-10-3-2-4-11-31/h5-9,12-15H,2-4,10-11H2,1H3. The molecule has 5 nitrogen and oxygen atoms in total. The summed E-state index contributed by atoms with van der Waals surface area (Å²) in [5.41, 5.74) is 2.77. The molecule has 0 radical (unpaired) electrons. The molecule has 2 aromatic heterocycles. The molecule has 32 heavy (non-hydrogen) atoms. The van der Waals surface area contributed by atoms with E-state index >= 15 is 0 Å². The number of hydrogen-bond acceptors (Lipinski definition) is 5. The largest absolute Gasteiger partial charge is 0.494 e. The molecule has 0 spiro atoms. The van der Waals surface area contributed by atoms with Crippen molar-refractivity contribution in [1.29, 1.82) is 0 Å². The Balaban J connectivity index is 1.76. The number of anilines is 1. The van der Waals surface area contributed by atoms with Crippen molar-refractivity contribution in [3.8, 4) is 28.3 Å². The number of ether oxygens (including phenoxy) is 1. The average molecular weight is 432 g/mol. The highest BCUT2D eigenvalue weighted by Gasteiger charge is 2.21. The van der Waals surface area contributed by atoms with Crippen LogP contribution in [0.3, 0.4) is 0 Å². The molecule has 162 valence electrons. The van der Waals surface area contributed by atoms with E-state index in [1.807, 2.05) is 18.2 Å². The van der Waals surface area contributed by atoms with Gasteiger partial charge in [-0.1, -0.05) is 6.07 Å². The lowest BCUT2D eigenvalue weighted by Gasteiger charge is -2.29. The monoisotopic (exact) mass is 432 g/mol. The van der Waals surface area contributed by atoms with E-state index in [2.05, 4.69) is 9.88 Å². The Morgan fingerprint density at radius 3 is 2.44 bits per heavy atom. The van der Waals surface area contributed by atoms with E-state index in [0.29, 0.717) is 28.2 Å². The van der Waals surface area contributed by atoms with Crippen LogP contribution < -0.4 is 9.64 Å². The van der Waals surface area contributed by atoms with Gasteiger partial charge in [0.1, 0.15) is 17.1 Å². The lowest BCUT2D eigenvalue weighted by atomic mass is 10.0. The molecule has 4 aromatic rings. The third-order valence-electron chi connectivity index (χ3n) is 5.79. The first-order valence-electron chi connectivity index (χ1n) is 10.6. The molecule has 0 unspecified atom stereocenters. The highest BCUT2D eigenvalue weighted by atomic mass is 19.2. The van der Waals surface area contributed by atoms with Gasteiger partial charge in [-0.3, -0.25) is 4.98 Å². The van der Waals surface area contributed by atoms with Gasteiger partial charge in [0.2, 0.25) is 0 Å². The molecule has 3 heterocycles. The van der Waals surface area contributed by atoms with Gasteiger partial charge < -0.3 is 9.64 Å². The minimum absolute atomic E-state index is 0.549. The molecular formula is C25H22F2N4O. The maximum atomic E-state index is 13.9. The van der Waals surface area contributed by atoms with Crippen LogP contribution in [0.2, 0.25) is 0 Å². The SMILES string of the molecule is COc1cc(-c2ccc(F)c(F)c2)cc2c(N3CCCCC3)nc(-c3cccnc3)nc12. The number of nitrogens with zero attached hydrogens (tertiary/aromatic N) is 4. The summed E-state index contributed by atoms with van der Waals surface area (Å²) < 4.78 is 33.1. The third-order valence-corrected chi connectivity index (χ3v) is 5.79. The van der Waals surface area contributed by atoms with E-state index < -0.39 is 11.6 Å². The van der Waals surface area contributed by atoms with Gasteiger partial charge in [-0.25, -0.2) is 18.7 Å². The molecule has 2 aromatic carbocycles. The van der Waals surface area contributed by atoms with Crippen molar-refractivity contribution in [2.24, 2.45) is 0 Å². The fourth-order valence-electron chi connectivity index (χ4n) is 4.15. The van der Waals surface area contributed by atoms with Crippen LogP contribution in [0.15, 0.2) is 54.9 Å². The Bertz CT molecular complexity index is 1270. The van der Waals surface area contributed by atoms with Crippen LogP contribution in [0, 0.1) is 11.6 Å². The zero-order valence-corrected chi connectivity index (χ0v) is 17.7. The fraction of sp³-hybridized carbons (Fsp3) is 0.240. The molecule has 0 aliphatic carbocycles. The molecule has 0 N–H and O–H groups in total. The predicted octanol–water partition coefficient (Wildman–Crippen LogP) is 5.64. The summed E-state index contributed by atoms with van der Waals surface area (Å²) in [4.78, 5) is 16.2. The minimum Gasteiger partial charge on any atom is -0.494 e. The number of pyridine rings is 1. The number of hydrogen-bond donors (Lipinski definition) is 0. The van der Waals surface area contributed by atoms with Gasteiger partial charge in [-0.05, 0) is 66.8 Å². The molecule has 0 bridgehead atoms. The molecule has 0 amide bonds. The molecule has 1 aliphatic heterocycles. The van der Waals surface area contributed by atoms with Crippen LogP contribution in [0.5, 0.6) is 5.75 Å². The lowest BCUT2D eigenvalue weighted by Crippen LogP contribution is -2.30. The Morgan fingerprint density at radius 2 is 1.72 bits per heavy atom. The van der Waals surface area contributed by atoms with Gasteiger partial charge in [-0.2, -0.15) is 0 Å². The first-order chi connectivity index (χ1) is 15.6. The molecule has 5 rings (SSSR count). The van der Waals surface area contributed by atoms with E-state index in [9.17, 15) is 8.78 Å². The zero-order valence-electron chi connectivity index (χ0n) is 17.7. The van der Waals surface area contributed by atoms with E-state index in [1.165, 1.54) is 12.5 Å². The number of halogens is 2. The number of methoxy groups -OCH3 is 1. The summed E-state index contributed by atoms with van der Waals surface area (Å²) in [5, 5.41) is 0.818. The number of fused-ring (bicyclic) bond motifs is 1. The van der Waals surface area contributed by atoms with Crippen LogP contribution in [0.1, 0.15) is 19.3 Å². The number of piperidine rings is 1. The summed E-state index contributed by atoms with van der Waals surface area (Å²) in [6.07, 6.45) is 6.83. The minimum atomic E-state index is -0.888. The van der Waals surface area contributed by atoms with Gasteiger partial charge >= 0.3 is 0 Å². The maximum absolute atomic E-state index is 13.9. The van der Waals surface area contributed by atoms with E-state index in [4.69, 9.17) is 14.7 Å². The van der Waals surface area contributed by atoms with Crippen LogP contribution in [0.4, 0.5) is 14.6 Å². The van der Waals surface area contributed by atoms with E-state index in [0.717, 1.165) is 48.8 Å². The van der Waals surface area contributed by atoms with Gasteiger partial charge in [0.05, 0.1) is 7.11 Å². The van der Waals surface area contributed by atoms with Gasteiger partial charge in [-0.15, -0.1) is 0 Å². The smallest absolute Gasteiger partial charge is 0.163 e. The average Bonchev–Trinajstić information content (AvgIpc) is 2.85. The van der Waals surface area contributed by atoms with Crippen LogP contribution in [0.25, 0.3) is 33.4 Å². The number of benzene rings is 2. The predicted molar refractivity (Wildman–Crippen MR) is 121 cm³/mol. The Labute approximate surface area is 184 Å². The van der Waals surface area contributed by atoms with Gasteiger partial charge in [0.25, 0.3) is 0 Å². The molecule has 1 saturated heterocycles. The lowest BCUT2D eigenvalue weighted by molar-refractivity contribution is 0.419. The van der Waals surface area contributed by atoms with E-state index in [-0.39, 0.29) is 0 Å². The Morgan fingerprint density at radius 1 is 0.875 bits per heavy atom. The quantitative estimate of drug-likeness (QED) is 0.418. The summed E-state index contributed by atoms with van der Waals surface area (Å²) in [5.74, 6) is 0.176. The number of rotatable bonds is 4. The highest BCUT2D eigenvalue weighted by molar-refractivity contribution is 5.98. The topological polar surface area (TPSA) is 51.1 Å². The molecule has 1 aliphatic rings. The molecule has 1 fully saturated rings. The fourth-order valence-corrected chi connectivity index (χ4v) is 4.15. The molecular weight excluding hydrogens is 410 g/mol. The van der Waals surface area contributed by atoms with Crippen molar-refractivity contribution in [2.75, 3.05) is 25.1 Å².